The number of phenolic OH excluding ortho intramolecular Hbond substituents is 1. The van der Waals surface area contributed by atoms with Crippen LogP contribution in [0.2, 0.25) is 0 Å². The Bertz CT molecular complexity index is 664. The summed E-state index contributed by atoms with van der Waals surface area (Å²) in [5.74, 6) is 0.535. The van der Waals surface area contributed by atoms with Crippen LogP contribution in [0.15, 0.2) is 29.3 Å². The highest BCUT2D eigenvalue weighted by molar-refractivity contribution is 5.94. The molecule has 0 bridgehead atoms. The molecule has 1 fully saturated rings. The Labute approximate surface area is 170 Å². The van der Waals surface area contributed by atoms with Crippen LogP contribution in [0.3, 0.4) is 0 Å². The van der Waals surface area contributed by atoms with Gasteiger partial charge in [-0.2, -0.15) is 0 Å². The number of phenols is 1. The molecule has 0 unspecified atom stereocenters. The van der Waals surface area contributed by atoms with Gasteiger partial charge in [-0.05, 0) is 44.4 Å². The van der Waals surface area contributed by atoms with E-state index in [0.717, 1.165) is 19.4 Å². The molecule has 0 radical (unpaired) electrons. The molecule has 1 amide bonds. The third kappa shape index (κ3) is 8.64. The van der Waals surface area contributed by atoms with Crippen LogP contribution < -0.4 is 16.0 Å². The molecular weight excluding hydrogens is 380 g/mol. The van der Waals surface area contributed by atoms with Gasteiger partial charge in [0.2, 0.25) is 0 Å². The number of aromatic hydroxyl groups is 1. The van der Waals surface area contributed by atoms with Crippen LogP contribution in [-0.4, -0.2) is 73.6 Å². The quantitative estimate of drug-likeness (QED) is 0.283. The molecule has 0 saturated carbocycles. The van der Waals surface area contributed by atoms with Crippen molar-refractivity contribution >= 4 is 11.9 Å². The average Bonchev–Trinajstić information content (AvgIpc) is 2.68. The fourth-order valence-electron chi connectivity index (χ4n) is 3.19. The van der Waals surface area contributed by atoms with Crippen molar-refractivity contribution in [2.24, 2.45) is 4.99 Å². The van der Waals surface area contributed by atoms with E-state index in [4.69, 9.17) is 0 Å². The summed E-state index contributed by atoms with van der Waals surface area (Å²) in [7, 11) is 0. The van der Waals surface area contributed by atoms with Gasteiger partial charge < -0.3 is 21.1 Å². The standard InChI is InChI=1S/C20H31F2N5O2/c1-2-23-20(26-16-7-11-27(12-8-16)14-18(21)22)25-10-4-9-24-19(29)15-5-3-6-17(28)13-15/h3,5-6,13,16,18,28H,2,4,7-12,14H2,1H3,(H,24,29)(H2,23,25,26). The summed E-state index contributed by atoms with van der Waals surface area (Å²) in [6.07, 6.45) is -0.00573. The van der Waals surface area contributed by atoms with Gasteiger partial charge in [0.1, 0.15) is 5.75 Å². The normalized spacial score (nSPS) is 16.1. The average molecular weight is 411 g/mol. The number of nitrogens with zero attached hydrogens (tertiary/aromatic N) is 2. The molecule has 0 aromatic heterocycles. The summed E-state index contributed by atoms with van der Waals surface area (Å²) in [6, 6.07) is 6.43. The van der Waals surface area contributed by atoms with E-state index in [9.17, 15) is 18.7 Å². The monoisotopic (exact) mass is 411 g/mol. The Balaban J connectivity index is 1.70. The predicted molar refractivity (Wildman–Crippen MR) is 110 cm³/mol. The third-order valence-corrected chi connectivity index (χ3v) is 4.67. The van der Waals surface area contributed by atoms with Crippen molar-refractivity contribution in [3.63, 3.8) is 0 Å². The van der Waals surface area contributed by atoms with Crippen molar-refractivity contribution < 1.29 is 18.7 Å². The van der Waals surface area contributed by atoms with Gasteiger partial charge in [0.05, 0.1) is 6.54 Å². The number of hydrogen-bond acceptors (Lipinski definition) is 4. The van der Waals surface area contributed by atoms with E-state index in [1.54, 1.807) is 17.0 Å². The zero-order valence-electron chi connectivity index (χ0n) is 16.8. The van der Waals surface area contributed by atoms with Crippen molar-refractivity contribution in [1.29, 1.82) is 0 Å². The van der Waals surface area contributed by atoms with E-state index in [0.29, 0.717) is 44.1 Å². The molecule has 1 heterocycles. The zero-order valence-corrected chi connectivity index (χ0v) is 16.8. The number of benzene rings is 1. The number of alkyl halides is 2. The summed E-state index contributed by atoms with van der Waals surface area (Å²) in [5, 5.41) is 18.8. The highest BCUT2D eigenvalue weighted by atomic mass is 19.3. The van der Waals surface area contributed by atoms with E-state index in [1.165, 1.54) is 12.1 Å². The smallest absolute Gasteiger partial charge is 0.251 e. The molecule has 1 aromatic rings. The minimum Gasteiger partial charge on any atom is -0.508 e. The molecule has 9 heteroatoms. The molecular formula is C20H31F2N5O2. The number of carbonyl (C=O) groups is 1. The molecule has 0 aliphatic carbocycles. The first-order valence-corrected chi connectivity index (χ1v) is 10.1. The Hall–Kier alpha value is -2.42. The minimum atomic E-state index is -2.29. The number of nitrogens with one attached hydrogen (secondary N) is 3. The van der Waals surface area contributed by atoms with E-state index in [2.05, 4.69) is 20.9 Å². The summed E-state index contributed by atoms with van der Waals surface area (Å²) in [6.45, 7) is 4.88. The van der Waals surface area contributed by atoms with Gasteiger partial charge in [0, 0.05) is 44.3 Å². The van der Waals surface area contributed by atoms with Crippen molar-refractivity contribution in [3.05, 3.63) is 29.8 Å². The first-order chi connectivity index (χ1) is 14.0. The Kier molecular flexibility index (Phi) is 9.63. The largest absolute Gasteiger partial charge is 0.508 e. The molecule has 162 valence electrons. The Morgan fingerprint density at radius 1 is 1.31 bits per heavy atom. The SMILES string of the molecule is CCNC(=NCCCNC(=O)c1cccc(O)c1)NC1CCN(CC(F)F)CC1. The lowest BCUT2D eigenvalue weighted by atomic mass is 10.1. The maximum absolute atomic E-state index is 12.5. The second-order valence-corrected chi connectivity index (χ2v) is 7.03. The topological polar surface area (TPSA) is 89.0 Å². The maximum atomic E-state index is 12.5. The molecule has 4 N–H and O–H groups in total. The van der Waals surface area contributed by atoms with Crippen LogP contribution in [0.5, 0.6) is 5.75 Å². The number of carbonyl (C=O) groups excluding carboxylic acids is 1. The fraction of sp³-hybridized carbons (Fsp3) is 0.600. The second-order valence-electron chi connectivity index (χ2n) is 7.03. The molecule has 29 heavy (non-hydrogen) atoms. The van der Waals surface area contributed by atoms with Crippen molar-refractivity contribution in [3.8, 4) is 5.75 Å². The van der Waals surface area contributed by atoms with Crippen LogP contribution in [-0.2, 0) is 0 Å². The first kappa shape index (κ1) is 22.9. The fourth-order valence-corrected chi connectivity index (χ4v) is 3.19. The van der Waals surface area contributed by atoms with Gasteiger partial charge >= 0.3 is 0 Å². The molecule has 0 spiro atoms. The molecule has 0 atom stereocenters. The van der Waals surface area contributed by atoms with E-state index in [1.807, 2.05) is 6.92 Å². The molecule has 2 rings (SSSR count). The molecule has 1 aromatic carbocycles. The molecule has 7 nitrogen and oxygen atoms in total. The summed E-state index contributed by atoms with van der Waals surface area (Å²) in [4.78, 5) is 18.3. The first-order valence-electron chi connectivity index (χ1n) is 10.1. The lowest BCUT2D eigenvalue weighted by Crippen LogP contribution is -2.49. The van der Waals surface area contributed by atoms with Crippen LogP contribution in [0, 0.1) is 0 Å². The maximum Gasteiger partial charge on any atom is 0.251 e. The lowest BCUT2D eigenvalue weighted by molar-refractivity contribution is 0.0744. The van der Waals surface area contributed by atoms with Gasteiger partial charge in [-0.25, -0.2) is 8.78 Å². The van der Waals surface area contributed by atoms with Crippen LogP contribution in [0.4, 0.5) is 8.78 Å². The lowest BCUT2D eigenvalue weighted by Gasteiger charge is -2.32. The van der Waals surface area contributed by atoms with Crippen molar-refractivity contribution in [2.45, 2.75) is 38.7 Å². The van der Waals surface area contributed by atoms with Gasteiger partial charge in [0.15, 0.2) is 5.96 Å². The van der Waals surface area contributed by atoms with Gasteiger partial charge in [0.25, 0.3) is 12.3 Å². The minimum absolute atomic E-state index is 0.0589. The van der Waals surface area contributed by atoms with Gasteiger partial charge in [-0.1, -0.05) is 6.07 Å². The number of rotatable bonds is 9. The van der Waals surface area contributed by atoms with E-state index >= 15 is 0 Å². The number of hydrogen-bond donors (Lipinski definition) is 4. The highest BCUT2D eigenvalue weighted by Crippen LogP contribution is 2.12. The number of halogens is 2. The summed E-state index contributed by atoms with van der Waals surface area (Å²) < 4.78 is 24.9. The Morgan fingerprint density at radius 2 is 2.07 bits per heavy atom. The molecule has 1 aliphatic heterocycles. The highest BCUT2D eigenvalue weighted by Gasteiger charge is 2.21. The zero-order chi connectivity index (χ0) is 21.1. The predicted octanol–water partition coefficient (Wildman–Crippen LogP) is 1.80. The van der Waals surface area contributed by atoms with Gasteiger partial charge in [-0.3, -0.25) is 14.7 Å². The summed E-state index contributed by atoms with van der Waals surface area (Å²) >= 11 is 0. The number of likely N-dealkylation sites (tertiary alicyclic amines) is 1. The number of aliphatic imine (C=N–C) groups is 1. The van der Waals surface area contributed by atoms with Crippen molar-refractivity contribution in [1.82, 2.24) is 20.9 Å². The van der Waals surface area contributed by atoms with E-state index in [-0.39, 0.29) is 24.2 Å². The molecule has 1 saturated heterocycles. The number of guanidine groups is 1. The molecule has 1 aliphatic rings. The van der Waals surface area contributed by atoms with E-state index < -0.39 is 6.43 Å². The Morgan fingerprint density at radius 3 is 2.72 bits per heavy atom. The van der Waals surface area contributed by atoms with Crippen LogP contribution in [0.1, 0.15) is 36.5 Å². The van der Waals surface area contributed by atoms with Gasteiger partial charge in [-0.15, -0.1) is 0 Å². The third-order valence-electron chi connectivity index (χ3n) is 4.67. The van der Waals surface area contributed by atoms with Crippen LogP contribution >= 0.6 is 0 Å². The number of amides is 1. The summed E-state index contributed by atoms with van der Waals surface area (Å²) in [5.41, 5.74) is 0.418. The number of piperidine rings is 1. The van der Waals surface area contributed by atoms with Crippen LogP contribution in [0.25, 0.3) is 0 Å². The second kappa shape index (κ2) is 12.2. The van der Waals surface area contributed by atoms with Crippen molar-refractivity contribution in [2.75, 3.05) is 39.3 Å².